The fourth-order valence-corrected chi connectivity index (χ4v) is 5.06. The van der Waals surface area contributed by atoms with E-state index in [-0.39, 0.29) is 0 Å². The minimum absolute atomic E-state index is 0.368. The quantitative estimate of drug-likeness (QED) is 0.611. The number of guanidine groups is 1. The van der Waals surface area contributed by atoms with Crippen LogP contribution in [-0.4, -0.2) is 34.8 Å². The number of rotatable bonds is 5. The van der Waals surface area contributed by atoms with Crippen molar-refractivity contribution in [1.29, 1.82) is 0 Å². The second kappa shape index (κ2) is 9.11. The van der Waals surface area contributed by atoms with Crippen molar-refractivity contribution in [3.8, 4) is 11.1 Å². The Kier molecular flexibility index (Phi) is 5.64. The van der Waals surface area contributed by atoms with Crippen molar-refractivity contribution in [3.05, 3.63) is 102 Å². The molecule has 6 rings (SSSR count). The molecule has 0 saturated heterocycles. The van der Waals surface area contributed by atoms with Crippen LogP contribution in [0.15, 0.2) is 100 Å². The van der Waals surface area contributed by atoms with Gasteiger partial charge in [0.1, 0.15) is 24.1 Å². The van der Waals surface area contributed by atoms with Crippen molar-refractivity contribution in [1.82, 2.24) is 9.88 Å². The van der Waals surface area contributed by atoms with Gasteiger partial charge < -0.3 is 15.2 Å². The fraction of sp³-hybridized carbons (Fsp3) is 0.250. The lowest BCUT2D eigenvalue weighted by atomic mass is 9.85. The molecular weight excluding hydrogens is 457 g/mol. The first-order chi connectivity index (χ1) is 17.6. The smallest absolute Gasteiger partial charge is 0.220 e. The Labute approximate surface area is 208 Å². The highest BCUT2D eigenvalue weighted by molar-refractivity contribution is 6.12. The molecule has 182 valence electrons. The van der Waals surface area contributed by atoms with E-state index in [1.165, 1.54) is 11.8 Å². The summed E-state index contributed by atoms with van der Waals surface area (Å²) in [5.74, 6) is 1.68. The Hall–Kier alpha value is -4.20. The van der Waals surface area contributed by atoms with Crippen molar-refractivity contribution in [2.45, 2.75) is 31.2 Å². The van der Waals surface area contributed by atoms with E-state index in [0.717, 1.165) is 24.8 Å². The van der Waals surface area contributed by atoms with E-state index in [0.29, 0.717) is 54.0 Å². The number of amidine groups is 1. The standard InChI is InChI=1S/C28H26FN5O2/c29-25-23(11-5-12-31-25)20-9-4-10-21(16-20)28(26-32-13-6-14-34(26)27(30)33-28)24-18-35-17-22(36-24)15-19-7-2-1-3-8-19/h1-2,4-5,7,9-12,16-18H,3,6,8,13-15H2,(H2,30,33). The van der Waals surface area contributed by atoms with E-state index in [2.05, 4.69) is 23.2 Å². The van der Waals surface area contributed by atoms with Gasteiger partial charge in [0.05, 0.1) is 0 Å². The zero-order valence-electron chi connectivity index (χ0n) is 19.7. The van der Waals surface area contributed by atoms with E-state index in [9.17, 15) is 4.39 Å². The molecule has 4 aliphatic rings. The van der Waals surface area contributed by atoms with E-state index in [1.54, 1.807) is 24.7 Å². The Morgan fingerprint density at radius 3 is 2.97 bits per heavy atom. The van der Waals surface area contributed by atoms with Crippen molar-refractivity contribution in [3.63, 3.8) is 0 Å². The van der Waals surface area contributed by atoms with Crippen LogP contribution in [0, 0.1) is 5.95 Å². The molecule has 0 bridgehead atoms. The van der Waals surface area contributed by atoms with Gasteiger partial charge in [-0.1, -0.05) is 42.0 Å². The van der Waals surface area contributed by atoms with Crippen LogP contribution < -0.4 is 5.73 Å². The predicted octanol–water partition coefficient (Wildman–Crippen LogP) is 4.91. The molecule has 0 spiro atoms. The molecule has 8 heteroatoms. The molecule has 0 radical (unpaired) electrons. The molecule has 2 aromatic rings. The number of ether oxygens (including phenoxy) is 2. The number of pyridine rings is 1. The predicted molar refractivity (Wildman–Crippen MR) is 136 cm³/mol. The third-order valence-corrected chi connectivity index (χ3v) is 6.76. The molecule has 4 heterocycles. The third kappa shape index (κ3) is 3.79. The zero-order valence-corrected chi connectivity index (χ0v) is 19.7. The highest BCUT2D eigenvalue weighted by atomic mass is 19.1. The normalized spacial score (nSPS) is 22.9. The first-order valence-corrected chi connectivity index (χ1v) is 12.1. The maximum atomic E-state index is 14.6. The molecule has 0 amide bonds. The molecule has 7 nitrogen and oxygen atoms in total. The number of nitrogens with two attached hydrogens (primary N) is 1. The van der Waals surface area contributed by atoms with E-state index >= 15 is 0 Å². The van der Waals surface area contributed by atoms with Gasteiger partial charge in [-0.15, -0.1) is 0 Å². The van der Waals surface area contributed by atoms with Gasteiger partial charge in [0.25, 0.3) is 0 Å². The van der Waals surface area contributed by atoms with Crippen LogP contribution in [-0.2, 0) is 15.0 Å². The minimum Gasteiger partial charge on any atom is -0.465 e. The van der Waals surface area contributed by atoms with Gasteiger partial charge in [0.15, 0.2) is 11.7 Å². The van der Waals surface area contributed by atoms with Gasteiger partial charge >= 0.3 is 0 Å². The SMILES string of the molecule is NC1=NC(C2=COC=C(CC3=CC=CCC3)O2)(c2cccc(-c3cccnc3F)c2)C2=NCCCN12. The van der Waals surface area contributed by atoms with Crippen LogP contribution in [0.3, 0.4) is 0 Å². The first kappa shape index (κ1) is 22.3. The molecule has 0 saturated carbocycles. The van der Waals surface area contributed by atoms with Crippen LogP contribution in [0.1, 0.15) is 31.2 Å². The maximum absolute atomic E-state index is 14.6. The maximum Gasteiger partial charge on any atom is 0.220 e. The van der Waals surface area contributed by atoms with Gasteiger partial charge in [0.2, 0.25) is 11.5 Å². The summed E-state index contributed by atoms with van der Waals surface area (Å²) in [5, 5.41) is 0. The second-order valence-corrected chi connectivity index (χ2v) is 9.09. The summed E-state index contributed by atoms with van der Waals surface area (Å²) in [6.07, 6.45) is 14.5. The second-order valence-electron chi connectivity index (χ2n) is 9.09. The van der Waals surface area contributed by atoms with E-state index < -0.39 is 11.5 Å². The molecule has 2 N–H and O–H groups in total. The van der Waals surface area contributed by atoms with Gasteiger partial charge in [-0.05, 0) is 48.6 Å². The number of hydrogen-bond donors (Lipinski definition) is 1. The summed E-state index contributed by atoms with van der Waals surface area (Å²) >= 11 is 0. The highest BCUT2D eigenvalue weighted by Gasteiger charge is 2.53. The number of hydrogen-bond acceptors (Lipinski definition) is 7. The summed E-state index contributed by atoms with van der Waals surface area (Å²) in [4.78, 5) is 15.5. The molecule has 36 heavy (non-hydrogen) atoms. The number of allylic oxidation sites excluding steroid dienone is 4. The average Bonchev–Trinajstić information content (AvgIpc) is 3.23. The molecule has 1 atom stereocenters. The molecule has 1 aliphatic carbocycles. The molecule has 3 aliphatic heterocycles. The lowest BCUT2D eigenvalue weighted by Gasteiger charge is -2.34. The van der Waals surface area contributed by atoms with Crippen LogP contribution >= 0.6 is 0 Å². The van der Waals surface area contributed by atoms with Gasteiger partial charge in [0, 0.05) is 31.3 Å². The largest absolute Gasteiger partial charge is 0.465 e. The van der Waals surface area contributed by atoms with Crippen molar-refractivity contribution in [2.24, 2.45) is 15.7 Å². The van der Waals surface area contributed by atoms with Gasteiger partial charge in [-0.2, -0.15) is 4.39 Å². The summed E-state index contributed by atoms with van der Waals surface area (Å²) in [5.41, 5.74) is 8.38. The van der Waals surface area contributed by atoms with Crippen molar-refractivity contribution in [2.75, 3.05) is 13.1 Å². The summed E-state index contributed by atoms with van der Waals surface area (Å²) < 4.78 is 26.8. The molecule has 1 unspecified atom stereocenters. The number of halogens is 1. The Morgan fingerprint density at radius 2 is 2.11 bits per heavy atom. The van der Waals surface area contributed by atoms with Crippen molar-refractivity contribution >= 4 is 11.8 Å². The lowest BCUT2D eigenvalue weighted by molar-refractivity contribution is 0.188. The number of aromatic nitrogens is 1. The first-order valence-electron chi connectivity index (χ1n) is 12.1. The van der Waals surface area contributed by atoms with Crippen LogP contribution in [0.25, 0.3) is 11.1 Å². The molecule has 1 aromatic carbocycles. The fourth-order valence-electron chi connectivity index (χ4n) is 5.06. The van der Waals surface area contributed by atoms with Gasteiger partial charge in [-0.25, -0.2) is 9.98 Å². The topological polar surface area (TPSA) is 85.3 Å². The Bertz CT molecular complexity index is 1390. The Morgan fingerprint density at radius 1 is 1.17 bits per heavy atom. The highest BCUT2D eigenvalue weighted by Crippen LogP contribution is 2.45. The molecule has 0 fully saturated rings. The summed E-state index contributed by atoms with van der Waals surface area (Å²) in [7, 11) is 0. The average molecular weight is 484 g/mol. The number of aliphatic imine (C=N–C) groups is 2. The zero-order chi connectivity index (χ0) is 24.5. The van der Waals surface area contributed by atoms with Crippen LogP contribution in [0.5, 0.6) is 0 Å². The van der Waals surface area contributed by atoms with Gasteiger partial charge in [-0.3, -0.25) is 9.89 Å². The summed E-state index contributed by atoms with van der Waals surface area (Å²) in [6.45, 7) is 1.37. The number of fused-ring (bicyclic) bond motifs is 1. The Balaban J connectivity index is 1.44. The monoisotopic (exact) mass is 483 g/mol. The number of benzene rings is 1. The van der Waals surface area contributed by atoms with Crippen LogP contribution in [0.4, 0.5) is 4.39 Å². The molecular formula is C28H26FN5O2. The lowest BCUT2D eigenvalue weighted by Crippen LogP contribution is -2.47. The van der Waals surface area contributed by atoms with Crippen LogP contribution in [0.2, 0.25) is 0 Å². The third-order valence-electron chi connectivity index (χ3n) is 6.76. The van der Waals surface area contributed by atoms with E-state index in [4.69, 9.17) is 25.2 Å². The minimum atomic E-state index is -1.15. The summed E-state index contributed by atoms with van der Waals surface area (Å²) in [6, 6.07) is 11.0. The number of nitrogens with zero attached hydrogens (tertiary/aromatic N) is 4. The van der Waals surface area contributed by atoms with E-state index in [1.807, 2.05) is 29.2 Å². The van der Waals surface area contributed by atoms with Crippen molar-refractivity contribution < 1.29 is 13.9 Å². The molecule has 1 aromatic heterocycles.